The highest BCUT2D eigenvalue weighted by Gasteiger charge is 2.28. The molecule has 2 fully saturated rings. The Morgan fingerprint density at radius 3 is 2.69 bits per heavy atom. The molecule has 5 aromatic rings. The third-order valence-corrected chi connectivity index (χ3v) is 8.22. The number of pyridine rings is 3. The number of rotatable bonds is 3. The number of anilines is 1. The van der Waals surface area contributed by atoms with Crippen LogP contribution in [0.1, 0.15) is 37.8 Å². The summed E-state index contributed by atoms with van der Waals surface area (Å²) >= 11 is 0. The van der Waals surface area contributed by atoms with Crippen LogP contribution in [0.4, 0.5) is 5.82 Å². The molecule has 0 radical (unpaired) electrons. The van der Waals surface area contributed by atoms with Gasteiger partial charge in [-0.05, 0) is 80.0 Å². The predicted octanol–water partition coefficient (Wildman–Crippen LogP) is 6.94. The lowest BCUT2D eigenvalue weighted by Crippen LogP contribution is -2.29. The molecule has 1 aromatic carbocycles. The Morgan fingerprint density at radius 1 is 0.861 bits per heavy atom. The fourth-order valence-electron chi connectivity index (χ4n) is 6.40. The van der Waals surface area contributed by atoms with E-state index in [9.17, 15) is 0 Å². The first-order valence-corrected chi connectivity index (χ1v) is 13.3. The number of fused-ring (bicyclic) bond motifs is 4. The summed E-state index contributed by atoms with van der Waals surface area (Å²) in [5.41, 5.74) is 7.47. The van der Waals surface area contributed by atoms with Gasteiger partial charge >= 0.3 is 0 Å². The van der Waals surface area contributed by atoms with E-state index in [-0.39, 0.29) is 0 Å². The van der Waals surface area contributed by atoms with Gasteiger partial charge in [0.15, 0.2) is 0 Å². The highest BCUT2D eigenvalue weighted by atomic mass is 15.2. The zero-order chi connectivity index (χ0) is 24.1. The molecular formula is C31H31N5. The molecule has 1 saturated heterocycles. The van der Waals surface area contributed by atoms with Crippen LogP contribution in [-0.4, -0.2) is 32.4 Å². The van der Waals surface area contributed by atoms with Crippen LogP contribution in [0.15, 0.2) is 73.2 Å². The zero-order valence-corrected chi connectivity index (χ0v) is 20.8. The molecule has 2 unspecified atom stereocenters. The van der Waals surface area contributed by atoms with Crippen molar-refractivity contribution in [1.29, 1.82) is 0 Å². The second kappa shape index (κ2) is 8.74. The van der Waals surface area contributed by atoms with Crippen molar-refractivity contribution in [2.24, 2.45) is 11.8 Å². The maximum Gasteiger partial charge on any atom is 0.137 e. The maximum atomic E-state index is 4.90. The molecule has 0 spiro atoms. The second-order valence-corrected chi connectivity index (χ2v) is 10.7. The van der Waals surface area contributed by atoms with Crippen LogP contribution >= 0.6 is 0 Å². The molecule has 1 aliphatic carbocycles. The van der Waals surface area contributed by atoms with Crippen LogP contribution in [0, 0.1) is 18.8 Å². The third-order valence-electron chi connectivity index (χ3n) is 8.22. The molecule has 1 aliphatic heterocycles. The molecule has 7 rings (SSSR count). The Kier molecular flexibility index (Phi) is 5.23. The molecular weight excluding hydrogens is 442 g/mol. The van der Waals surface area contributed by atoms with E-state index < -0.39 is 0 Å². The van der Waals surface area contributed by atoms with Gasteiger partial charge in [0, 0.05) is 47.7 Å². The van der Waals surface area contributed by atoms with Crippen LogP contribution in [-0.2, 0) is 0 Å². The number of hydrogen-bond acceptors (Lipinski definition) is 4. The SMILES string of the molecule is Cc1cc(-c2cnc3cc(-c4ccc(N5CCC6CCCC(C6)C5)nc4)ccn23)c2ccccc2n1. The quantitative estimate of drug-likeness (QED) is 0.285. The van der Waals surface area contributed by atoms with Gasteiger partial charge in [0.25, 0.3) is 0 Å². The van der Waals surface area contributed by atoms with Gasteiger partial charge in [-0.25, -0.2) is 9.97 Å². The molecule has 2 aliphatic rings. The lowest BCUT2D eigenvalue weighted by molar-refractivity contribution is 0.284. The average molecular weight is 474 g/mol. The van der Waals surface area contributed by atoms with E-state index in [1.54, 1.807) is 0 Å². The molecule has 2 atom stereocenters. The summed E-state index contributed by atoms with van der Waals surface area (Å²) in [5, 5.41) is 1.14. The lowest BCUT2D eigenvalue weighted by atomic mass is 9.81. The van der Waals surface area contributed by atoms with Gasteiger partial charge in [-0.2, -0.15) is 0 Å². The molecule has 180 valence electrons. The molecule has 4 aromatic heterocycles. The average Bonchev–Trinajstić information content (AvgIpc) is 3.27. The van der Waals surface area contributed by atoms with Crippen LogP contribution in [0.2, 0.25) is 0 Å². The normalized spacial score (nSPS) is 20.1. The summed E-state index contributed by atoms with van der Waals surface area (Å²) < 4.78 is 2.17. The Balaban J connectivity index is 1.19. The number of aromatic nitrogens is 4. The van der Waals surface area contributed by atoms with Crippen molar-refractivity contribution >= 4 is 22.4 Å². The van der Waals surface area contributed by atoms with Gasteiger partial charge in [-0.1, -0.05) is 31.0 Å². The second-order valence-electron chi connectivity index (χ2n) is 10.7. The summed E-state index contributed by atoms with van der Waals surface area (Å²) in [7, 11) is 0. The van der Waals surface area contributed by atoms with Gasteiger partial charge in [-0.15, -0.1) is 0 Å². The molecule has 5 heterocycles. The summed E-state index contributed by atoms with van der Waals surface area (Å²) in [5.74, 6) is 2.88. The van der Waals surface area contributed by atoms with Crippen molar-refractivity contribution in [3.05, 3.63) is 78.9 Å². The van der Waals surface area contributed by atoms with E-state index in [0.717, 1.165) is 75.4 Å². The van der Waals surface area contributed by atoms with Crippen molar-refractivity contribution in [3.8, 4) is 22.4 Å². The number of nitrogens with zero attached hydrogens (tertiary/aromatic N) is 5. The molecule has 0 amide bonds. The Morgan fingerprint density at radius 2 is 1.78 bits per heavy atom. The number of hydrogen-bond donors (Lipinski definition) is 0. The topological polar surface area (TPSA) is 46.3 Å². The minimum Gasteiger partial charge on any atom is -0.356 e. The van der Waals surface area contributed by atoms with Gasteiger partial charge in [0.1, 0.15) is 11.5 Å². The summed E-state index contributed by atoms with van der Waals surface area (Å²) in [4.78, 5) is 16.9. The lowest BCUT2D eigenvalue weighted by Gasteiger charge is -2.27. The van der Waals surface area contributed by atoms with Crippen LogP contribution in [0.5, 0.6) is 0 Å². The largest absolute Gasteiger partial charge is 0.356 e. The van der Waals surface area contributed by atoms with Crippen LogP contribution in [0.3, 0.4) is 0 Å². The Bertz CT molecular complexity index is 1550. The van der Waals surface area contributed by atoms with E-state index in [1.807, 2.05) is 25.4 Å². The fourth-order valence-corrected chi connectivity index (χ4v) is 6.40. The van der Waals surface area contributed by atoms with Crippen molar-refractivity contribution < 1.29 is 0 Å². The van der Waals surface area contributed by atoms with Crippen molar-refractivity contribution in [2.45, 2.75) is 39.0 Å². The number of benzene rings is 1. The third kappa shape index (κ3) is 3.83. The predicted molar refractivity (Wildman–Crippen MR) is 146 cm³/mol. The van der Waals surface area contributed by atoms with E-state index in [4.69, 9.17) is 15.0 Å². The maximum absolute atomic E-state index is 4.90. The summed E-state index contributed by atoms with van der Waals surface area (Å²) in [6.45, 7) is 4.35. The summed E-state index contributed by atoms with van der Waals surface area (Å²) in [6, 6.07) is 19.2. The van der Waals surface area contributed by atoms with Gasteiger partial charge < -0.3 is 4.90 Å². The first-order chi connectivity index (χ1) is 17.7. The van der Waals surface area contributed by atoms with E-state index in [1.165, 1.54) is 32.1 Å². The number of para-hydroxylation sites is 1. The highest BCUT2D eigenvalue weighted by molar-refractivity contribution is 5.94. The molecule has 5 heteroatoms. The molecule has 2 bridgehead atoms. The first-order valence-electron chi connectivity index (χ1n) is 13.3. The van der Waals surface area contributed by atoms with E-state index in [2.05, 4.69) is 64.0 Å². The van der Waals surface area contributed by atoms with Crippen molar-refractivity contribution in [2.75, 3.05) is 18.0 Å². The van der Waals surface area contributed by atoms with Crippen molar-refractivity contribution in [1.82, 2.24) is 19.4 Å². The minimum atomic E-state index is 0.839. The first kappa shape index (κ1) is 21.5. The molecule has 1 saturated carbocycles. The van der Waals surface area contributed by atoms with E-state index in [0.29, 0.717) is 0 Å². The zero-order valence-electron chi connectivity index (χ0n) is 20.8. The molecule has 5 nitrogen and oxygen atoms in total. The van der Waals surface area contributed by atoms with Gasteiger partial charge in [0.05, 0.1) is 17.4 Å². The Hall–Kier alpha value is -3.73. The van der Waals surface area contributed by atoms with Crippen molar-refractivity contribution in [3.63, 3.8) is 0 Å². The standard InChI is InChI=1S/C31H31N5/c1-21-15-27(26-7-2-3-8-28(26)34-21)29-19-33-31-17-24(12-14-36(29)31)25-9-10-30(32-18-25)35-13-11-22-5-4-6-23(16-22)20-35/h2-3,7-10,12,14-15,17-19,22-23H,4-6,11,13,16,20H2,1H3. The minimum absolute atomic E-state index is 0.839. The van der Waals surface area contributed by atoms with Gasteiger partial charge in [-0.3, -0.25) is 9.38 Å². The number of aryl methyl sites for hydroxylation is 1. The monoisotopic (exact) mass is 473 g/mol. The van der Waals surface area contributed by atoms with E-state index >= 15 is 0 Å². The number of imidazole rings is 1. The molecule has 36 heavy (non-hydrogen) atoms. The summed E-state index contributed by atoms with van der Waals surface area (Å²) in [6.07, 6.45) is 13.1. The fraction of sp³-hybridized carbons (Fsp3) is 0.323. The van der Waals surface area contributed by atoms with Gasteiger partial charge in [0.2, 0.25) is 0 Å². The van der Waals surface area contributed by atoms with Crippen LogP contribution in [0.25, 0.3) is 38.9 Å². The molecule has 0 N–H and O–H groups in total. The van der Waals surface area contributed by atoms with Crippen LogP contribution < -0.4 is 4.90 Å². The smallest absolute Gasteiger partial charge is 0.137 e. The highest BCUT2D eigenvalue weighted by Crippen LogP contribution is 2.36. The Labute approximate surface area is 211 Å².